The van der Waals surface area contributed by atoms with Gasteiger partial charge < -0.3 is 0 Å². The van der Waals surface area contributed by atoms with Gasteiger partial charge in [0.05, 0.1) is 10.7 Å². The molecule has 0 amide bonds. The number of aromatic nitrogens is 2. The van der Waals surface area contributed by atoms with Gasteiger partial charge in [0.1, 0.15) is 0 Å². The number of aryl methyl sites for hydroxylation is 2. The zero-order valence-corrected chi connectivity index (χ0v) is 9.42. The quantitative estimate of drug-likeness (QED) is 0.733. The van der Waals surface area contributed by atoms with E-state index in [0.29, 0.717) is 5.02 Å². The molecule has 0 spiro atoms. The lowest BCUT2D eigenvalue weighted by atomic mass is 10.1. The second kappa shape index (κ2) is 3.99. The van der Waals surface area contributed by atoms with Gasteiger partial charge in [-0.15, -0.1) is 0 Å². The molecule has 0 bridgehead atoms. The van der Waals surface area contributed by atoms with E-state index in [0.717, 1.165) is 22.4 Å². The predicted molar refractivity (Wildman–Crippen MR) is 62.0 cm³/mol. The molecule has 0 radical (unpaired) electrons. The van der Waals surface area contributed by atoms with Gasteiger partial charge in [-0.05, 0) is 31.0 Å². The van der Waals surface area contributed by atoms with Gasteiger partial charge in [-0.2, -0.15) is 0 Å². The average Bonchev–Trinajstić information content (AvgIpc) is 2.20. The van der Waals surface area contributed by atoms with Crippen molar-refractivity contribution in [1.29, 1.82) is 0 Å². The van der Waals surface area contributed by atoms with E-state index in [-0.39, 0.29) is 0 Å². The van der Waals surface area contributed by atoms with Crippen LogP contribution in [-0.2, 0) is 0 Å². The smallest absolute Gasteiger partial charge is 0.0747 e. The van der Waals surface area contributed by atoms with Crippen molar-refractivity contribution in [3.63, 3.8) is 0 Å². The normalized spacial score (nSPS) is 10.3. The van der Waals surface area contributed by atoms with Crippen LogP contribution in [0.4, 0.5) is 0 Å². The Morgan fingerprint density at radius 1 is 1.20 bits per heavy atom. The Hall–Kier alpha value is -1.41. The van der Waals surface area contributed by atoms with E-state index in [1.54, 1.807) is 12.4 Å². The molecule has 0 atom stereocenters. The molecule has 0 aliphatic heterocycles. The third-order valence-corrected chi connectivity index (χ3v) is 2.54. The summed E-state index contributed by atoms with van der Waals surface area (Å²) in [6, 6.07) is 3.98. The third kappa shape index (κ3) is 2.00. The van der Waals surface area contributed by atoms with E-state index in [4.69, 9.17) is 11.6 Å². The number of hydrogen-bond donors (Lipinski definition) is 0. The molecule has 0 saturated heterocycles. The van der Waals surface area contributed by atoms with Gasteiger partial charge in [-0.25, -0.2) is 0 Å². The summed E-state index contributed by atoms with van der Waals surface area (Å²) in [6.07, 6.45) is 5.21. The molecule has 0 aliphatic rings. The van der Waals surface area contributed by atoms with Crippen LogP contribution in [0, 0.1) is 13.8 Å². The summed E-state index contributed by atoms with van der Waals surface area (Å²) < 4.78 is 0. The first-order valence-corrected chi connectivity index (χ1v) is 5.09. The molecule has 2 heterocycles. The first-order chi connectivity index (χ1) is 7.18. The summed E-state index contributed by atoms with van der Waals surface area (Å²) in [5, 5.41) is 0.636. The summed E-state index contributed by atoms with van der Waals surface area (Å²) in [5.41, 5.74) is 4.14. The average molecular weight is 219 g/mol. The molecule has 0 aromatic carbocycles. The maximum Gasteiger partial charge on any atom is 0.0747 e. The highest BCUT2D eigenvalue weighted by Gasteiger charge is 2.07. The highest BCUT2D eigenvalue weighted by Crippen LogP contribution is 2.27. The lowest BCUT2D eigenvalue weighted by Gasteiger charge is -2.06. The summed E-state index contributed by atoms with van der Waals surface area (Å²) in [5.74, 6) is 0. The van der Waals surface area contributed by atoms with Gasteiger partial charge in [0.2, 0.25) is 0 Å². The number of nitrogens with zero attached hydrogens (tertiary/aromatic N) is 2. The SMILES string of the molecule is Cc1cnc(-c2ccncc2Cl)c(C)c1. The molecule has 2 nitrogen and oxygen atoms in total. The van der Waals surface area contributed by atoms with Crippen molar-refractivity contribution < 1.29 is 0 Å². The van der Waals surface area contributed by atoms with E-state index < -0.39 is 0 Å². The van der Waals surface area contributed by atoms with Crippen LogP contribution in [0.2, 0.25) is 5.02 Å². The summed E-state index contributed by atoms with van der Waals surface area (Å²) in [7, 11) is 0. The molecule has 0 N–H and O–H groups in total. The van der Waals surface area contributed by atoms with E-state index in [2.05, 4.69) is 16.0 Å². The molecule has 2 aromatic rings. The Bertz CT molecular complexity index is 495. The van der Waals surface area contributed by atoms with Gasteiger partial charge >= 0.3 is 0 Å². The largest absolute Gasteiger partial charge is 0.263 e. The van der Waals surface area contributed by atoms with Gasteiger partial charge in [-0.1, -0.05) is 17.7 Å². The van der Waals surface area contributed by atoms with Gasteiger partial charge in [0.15, 0.2) is 0 Å². The predicted octanol–water partition coefficient (Wildman–Crippen LogP) is 3.41. The molecule has 2 rings (SSSR count). The van der Waals surface area contributed by atoms with Crippen LogP contribution in [0.1, 0.15) is 11.1 Å². The molecular weight excluding hydrogens is 208 g/mol. The fraction of sp³-hybridized carbons (Fsp3) is 0.167. The van der Waals surface area contributed by atoms with E-state index in [1.807, 2.05) is 26.1 Å². The number of rotatable bonds is 1. The number of hydrogen-bond acceptors (Lipinski definition) is 2. The topological polar surface area (TPSA) is 25.8 Å². The fourth-order valence-electron chi connectivity index (χ4n) is 1.56. The van der Waals surface area contributed by atoms with Crippen molar-refractivity contribution in [2.24, 2.45) is 0 Å². The lowest BCUT2D eigenvalue weighted by Crippen LogP contribution is -1.90. The molecule has 3 heteroatoms. The fourth-order valence-corrected chi connectivity index (χ4v) is 1.77. The monoisotopic (exact) mass is 218 g/mol. The van der Waals surface area contributed by atoms with Crippen LogP contribution in [0.3, 0.4) is 0 Å². The minimum atomic E-state index is 0.636. The Kier molecular flexibility index (Phi) is 2.69. The molecule has 0 aliphatic carbocycles. The lowest BCUT2D eigenvalue weighted by molar-refractivity contribution is 1.21. The van der Waals surface area contributed by atoms with Crippen LogP contribution in [-0.4, -0.2) is 9.97 Å². The Morgan fingerprint density at radius 2 is 2.00 bits per heavy atom. The summed E-state index contributed by atoms with van der Waals surface area (Å²) >= 11 is 6.07. The Balaban J connectivity index is 2.60. The third-order valence-electron chi connectivity index (χ3n) is 2.24. The second-order valence-electron chi connectivity index (χ2n) is 3.53. The Labute approximate surface area is 94.0 Å². The van der Waals surface area contributed by atoms with Crippen LogP contribution in [0.15, 0.2) is 30.7 Å². The van der Waals surface area contributed by atoms with Crippen LogP contribution >= 0.6 is 11.6 Å². The van der Waals surface area contributed by atoms with Crippen molar-refractivity contribution in [2.45, 2.75) is 13.8 Å². The van der Waals surface area contributed by atoms with Crippen molar-refractivity contribution in [1.82, 2.24) is 9.97 Å². The van der Waals surface area contributed by atoms with Crippen LogP contribution in [0.5, 0.6) is 0 Å². The minimum Gasteiger partial charge on any atom is -0.263 e. The minimum absolute atomic E-state index is 0.636. The van der Waals surface area contributed by atoms with E-state index in [1.165, 1.54) is 0 Å². The molecule has 2 aromatic heterocycles. The first-order valence-electron chi connectivity index (χ1n) is 4.71. The van der Waals surface area contributed by atoms with Crippen molar-refractivity contribution in [3.05, 3.63) is 46.9 Å². The van der Waals surface area contributed by atoms with Gasteiger partial charge in [0.25, 0.3) is 0 Å². The van der Waals surface area contributed by atoms with Crippen molar-refractivity contribution in [2.75, 3.05) is 0 Å². The molecule has 0 fully saturated rings. The van der Waals surface area contributed by atoms with Crippen LogP contribution < -0.4 is 0 Å². The Morgan fingerprint density at radius 3 is 2.67 bits per heavy atom. The van der Waals surface area contributed by atoms with E-state index >= 15 is 0 Å². The van der Waals surface area contributed by atoms with Gasteiger partial charge in [0, 0.05) is 24.2 Å². The summed E-state index contributed by atoms with van der Waals surface area (Å²) in [4.78, 5) is 8.35. The standard InChI is InChI=1S/C12H11ClN2/c1-8-5-9(2)12(15-6-8)10-3-4-14-7-11(10)13/h3-7H,1-2H3. The second-order valence-corrected chi connectivity index (χ2v) is 3.94. The first kappa shape index (κ1) is 10.1. The maximum absolute atomic E-state index is 6.07. The summed E-state index contributed by atoms with van der Waals surface area (Å²) in [6.45, 7) is 4.06. The van der Waals surface area contributed by atoms with E-state index in [9.17, 15) is 0 Å². The molecule has 76 valence electrons. The highest BCUT2D eigenvalue weighted by atomic mass is 35.5. The molecule has 15 heavy (non-hydrogen) atoms. The zero-order chi connectivity index (χ0) is 10.8. The molecular formula is C12H11ClN2. The number of halogens is 1. The van der Waals surface area contributed by atoms with Crippen molar-refractivity contribution >= 4 is 11.6 Å². The van der Waals surface area contributed by atoms with Gasteiger partial charge in [-0.3, -0.25) is 9.97 Å². The maximum atomic E-state index is 6.07. The number of pyridine rings is 2. The van der Waals surface area contributed by atoms with Crippen LogP contribution in [0.25, 0.3) is 11.3 Å². The zero-order valence-electron chi connectivity index (χ0n) is 8.66. The molecule has 0 saturated carbocycles. The highest BCUT2D eigenvalue weighted by molar-refractivity contribution is 6.33. The molecule has 0 unspecified atom stereocenters. The van der Waals surface area contributed by atoms with Crippen molar-refractivity contribution in [3.8, 4) is 11.3 Å².